The predicted octanol–water partition coefficient (Wildman–Crippen LogP) is 9.59. The molecule has 1 fully saturated rings. The second-order valence-electron chi connectivity index (χ2n) is 10.6. The van der Waals surface area contributed by atoms with Gasteiger partial charge in [-0.15, -0.1) is 0 Å². The number of hydrogen-bond donors (Lipinski definition) is 0. The summed E-state index contributed by atoms with van der Waals surface area (Å²) >= 11 is 5.95. The van der Waals surface area contributed by atoms with Gasteiger partial charge in [0.15, 0.2) is 0 Å². The Balaban J connectivity index is 1.16. The van der Waals surface area contributed by atoms with Crippen LogP contribution in [0.3, 0.4) is 0 Å². The van der Waals surface area contributed by atoms with Crippen LogP contribution in [0, 0.1) is 17.7 Å². The first-order valence-corrected chi connectivity index (χ1v) is 14.1. The van der Waals surface area contributed by atoms with Crippen LogP contribution in [0.15, 0.2) is 66.7 Å². The highest BCUT2D eigenvalue weighted by Gasteiger charge is 2.21. The van der Waals surface area contributed by atoms with Crippen molar-refractivity contribution in [1.29, 1.82) is 0 Å². The van der Waals surface area contributed by atoms with E-state index in [0.29, 0.717) is 0 Å². The summed E-state index contributed by atoms with van der Waals surface area (Å²) in [6.45, 7) is 2.24. The van der Waals surface area contributed by atoms with E-state index >= 15 is 0 Å². The Kier molecular flexibility index (Phi) is 9.83. The van der Waals surface area contributed by atoms with Gasteiger partial charge in [-0.05, 0) is 103 Å². The maximum absolute atomic E-state index is 14.7. The molecule has 0 N–H and O–H groups in total. The normalized spacial score (nSPS) is 18.0. The molecule has 1 aliphatic rings. The first kappa shape index (κ1) is 26.0. The van der Waals surface area contributed by atoms with Gasteiger partial charge in [0.05, 0.1) is 0 Å². The average molecular weight is 491 g/mol. The van der Waals surface area contributed by atoms with Gasteiger partial charge in [-0.2, -0.15) is 0 Å². The summed E-state index contributed by atoms with van der Waals surface area (Å²) in [5.41, 5.74) is 6.10. The Labute approximate surface area is 216 Å². The van der Waals surface area contributed by atoms with Crippen LogP contribution in [0.4, 0.5) is 4.39 Å². The van der Waals surface area contributed by atoms with E-state index in [-0.39, 0.29) is 5.82 Å². The van der Waals surface area contributed by atoms with Crippen LogP contribution < -0.4 is 0 Å². The summed E-state index contributed by atoms with van der Waals surface area (Å²) in [6.07, 6.45) is 14.1. The molecular formula is C33H40ClF. The van der Waals surface area contributed by atoms with E-state index in [9.17, 15) is 4.39 Å². The third-order valence-corrected chi connectivity index (χ3v) is 8.18. The lowest BCUT2D eigenvalue weighted by Gasteiger charge is -2.28. The molecule has 186 valence electrons. The van der Waals surface area contributed by atoms with E-state index in [1.165, 1.54) is 74.5 Å². The fourth-order valence-electron chi connectivity index (χ4n) is 5.59. The Bertz CT molecular complexity index is 1030. The van der Waals surface area contributed by atoms with Crippen LogP contribution in [0.5, 0.6) is 0 Å². The van der Waals surface area contributed by atoms with E-state index in [4.69, 9.17) is 11.6 Å². The molecule has 0 saturated heterocycles. The molecule has 3 aromatic carbocycles. The number of hydrogen-bond acceptors (Lipinski definition) is 0. The topological polar surface area (TPSA) is 0 Å². The number of benzene rings is 3. The molecule has 0 aromatic heterocycles. The Morgan fingerprint density at radius 2 is 1.11 bits per heavy atom. The smallest absolute Gasteiger partial charge is 0.126 e. The summed E-state index contributed by atoms with van der Waals surface area (Å²) in [4.78, 5) is 0. The third kappa shape index (κ3) is 8.21. The van der Waals surface area contributed by atoms with Crippen molar-refractivity contribution in [3.8, 4) is 0 Å². The average Bonchev–Trinajstić information content (AvgIpc) is 2.88. The van der Waals surface area contributed by atoms with E-state index in [1.807, 2.05) is 30.3 Å². The molecule has 0 heterocycles. The molecule has 0 radical (unpaired) electrons. The highest BCUT2D eigenvalue weighted by Crippen LogP contribution is 2.34. The first-order valence-electron chi connectivity index (χ1n) is 13.7. The van der Waals surface area contributed by atoms with Crippen molar-refractivity contribution >= 4 is 11.6 Å². The fraction of sp³-hybridized carbons (Fsp3) is 0.455. The molecule has 0 spiro atoms. The van der Waals surface area contributed by atoms with Gasteiger partial charge < -0.3 is 0 Å². The van der Waals surface area contributed by atoms with E-state index in [0.717, 1.165) is 47.2 Å². The molecule has 0 bridgehead atoms. The van der Waals surface area contributed by atoms with Crippen LogP contribution in [-0.2, 0) is 32.1 Å². The van der Waals surface area contributed by atoms with E-state index in [1.54, 1.807) is 6.07 Å². The van der Waals surface area contributed by atoms with Gasteiger partial charge in [-0.1, -0.05) is 99.2 Å². The van der Waals surface area contributed by atoms with Crippen molar-refractivity contribution < 1.29 is 4.39 Å². The molecule has 1 aliphatic carbocycles. The standard InChI is InChI=1S/C33H40ClF/c1-2-3-25-4-6-26(7-5-25)8-9-27-10-12-28(13-11-27)14-15-30-17-21-31(33(35)24-30)20-16-29-18-22-32(34)23-19-29/h4-7,17-19,21-24,27-28H,2-3,8-16,20H2,1H3/t27-,28-. The third-order valence-electron chi connectivity index (χ3n) is 7.92. The zero-order chi connectivity index (χ0) is 24.5. The van der Waals surface area contributed by atoms with Crippen LogP contribution >= 0.6 is 11.6 Å². The van der Waals surface area contributed by atoms with Gasteiger partial charge in [0.2, 0.25) is 0 Å². The van der Waals surface area contributed by atoms with Crippen LogP contribution in [0.1, 0.15) is 79.7 Å². The monoisotopic (exact) mass is 490 g/mol. The van der Waals surface area contributed by atoms with Crippen molar-refractivity contribution in [1.82, 2.24) is 0 Å². The Morgan fingerprint density at radius 1 is 0.629 bits per heavy atom. The van der Waals surface area contributed by atoms with Crippen molar-refractivity contribution in [3.63, 3.8) is 0 Å². The molecule has 0 unspecified atom stereocenters. The maximum atomic E-state index is 14.7. The maximum Gasteiger partial charge on any atom is 0.126 e. The van der Waals surface area contributed by atoms with Crippen molar-refractivity contribution in [2.24, 2.45) is 11.8 Å². The highest BCUT2D eigenvalue weighted by molar-refractivity contribution is 6.30. The SMILES string of the molecule is CCCc1ccc(CC[C@H]2CC[C@H](CCc3ccc(CCc4ccc(Cl)cc4)c(F)c3)CC2)cc1. The lowest BCUT2D eigenvalue weighted by molar-refractivity contribution is 0.253. The molecule has 4 rings (SSSR count). The second-order valence-corrected chi connectivity index (χ2v) is 11.0. The minimum absolute atomic E-state index is 0.0529. The van der Waals surface area contributed by atoms with Crippen LogP contribution in [0.25, 0.3) is 0 Å². The minimum atomic E-state index is -0.0529. The molecular weight excluding hydrogens is 451 g/mol. The number of halogens is 2. The van der Waals surface area contributed by atoms with E-state index in [2.05, 4.69) is 37.3 Å². The molecule has 0 aliphatic heterocycles. The van der Waals surface area contributed by atoms with Gasteiger partial charge in [0.25, 0.3) is 0 Å². The Hall–Kier alpha value is -2.12. The van der Waals surface area contributed by atoms with Gasteiger partial charge in [0, 0.05) is 5.02 Å². The zero-order valence-corrected chi connectivity index (χ0v) is 22.0. The molecule has 2 heteroatoms. The molecule has 0 amide bonds. The van der Waals surface area contributed by atoms with E-state index < -0.39 is 0 Å². The van der Waals surface area contributed by atoms with Gasteiger partial charge in [-0.3, -0.25) is 0 Å². The van der Waals surface area contributed by atoms with Crippen molar-refractivity contribution in [2.75, 3.05) is 0 Å². The molecule has 1 saturated carbocycles. The van der Waals surface area contributed by atoms with Crippen molar-refractivity contribution in [3.05, 3.63) is 105 Å². The minimum Gasteiger partial charge on any atom is -0.207 e. The van der Waals surface area contributed by atoms with Crippen LogP contribution in [-0.4, -0.2) is 0 Å². The number of rotatable bonds is 11. The lowest BCUT2D eigenvalue weighted by atomic mass is 9.77. The molecule has 35 heavy (non-hydrogen) atoms. The fourth-order valence-corrected chi connectivity index (χ4v) is 5.72. The quantitative estimate of drug-likeness (QED) is 0.251. The van der Waals surface area contributed by atoms with Crippen LogP contribution in [0.2, 0.25) is 5.02 Å². The first-order chi connectivity index (χ1) is 17.1. The highest BCUT2D eigenvalue weighted by atomic mass is 35.5. The summed E-state index contributed by atoms with van der Waals surface area (Å²) in [6, 6.07) is 23.0. The molecule has 0 nitrogen and oxygen atoms in total. The van der Waals surface area contributed by atoms with Crippen molar-refractivity contribution in [2.45, 2.75) is 84.0 Å². The Morgan fingerprint density at radius 3 is 1.69 bits per heavy atom. The summed E-state index contributed by atoms with van der Waals surface area (Å²) in [5.74, 6) is 1.62. The molecule has 0 atom stereocenters. The van der Waals surface area contributed by atoms with Gasteiger partial charge in [-0.25, -0.2) is 4.39 Å². The number of aryl methyl sites for hydroxylation is 5. The summed E-state index contributed by atoms with van der Waals surface area (Å²) in [7, 11) is 0. The second kappa shape index (κ2) is 13.3. The predicted molar refractivity (Wildman–Crippen MR) is 148 cm³/mol. The van der Waals surface area contributed by atoms with Gasteiger partial charge >= 0.3 is 0 Å². The lowest BCUT2D eigenvalue weighted by Crippen LogP contribution is -2.16. The largest absolute Gasteiger partial charge is 0.207 e. The zero-order valence-electron chi connectivity index (χ0n) is 21.2. The summed E-state index contributed by atoms with van der Waals surface area (Å²) in [5, 5.41) is 0.741. The van der Waals surface area contributed by atoms with Gasteiger partial charge in [0.1, 0.15) is 5.82 Å². The summed E-state index contributed by atoms with van der Waals surface area (Å²) < 4.78 is 14.7. The molecule has 3 aromatic rings.